The van der Waals surface area contributed by atoms with Gasteiger partial charge in [-0.25, -0.2) is 0 Å². The van der Waals surface area contributed by atoms with Crippen LogP contribution in [0.5, 0.6) is 0 Å². The highest BCUT2D eigenvalue weighted by molar-refractivity contribution is 6.28. The van der Waals surface area contributed by atoms with Gasteiger partial charge in [0.05, 0.1) is 0 Å². The van der Waals surface area contributed by atoms with Gasteiger partial charge in [0.1, 0.15) is 0 Å². The predicted molar refractivity (Wildman–Crippen MR) is 81.3 cm³/mol. The average Bonchev–Trinajstić information content (AvgIpc) is 2.37. The Kier molecular flexibility index (Phi) is 4.24. The van der Waals surface area contributed by atoms with E-state index in [1.54, 1.807) is 0 Å². The molecule has 0 spiro atoms. The van der Waals surface area contributed by atoms with Crippen LogP contribution in [0.1, 0.15) is 45.4 Å². The summed E-state index contributed by atoms with van der Waals surface area (Å²) < 4.78 is 0. The van der Waals surface area contributed by atoms with Crippen LogP contribution in [-0.2, 0) is 0 Å². The second kappa shape index (κ2) is 6.12. The van der Waals surface area contributed by atoms with Crippen LogP contribution in [0.4, 0.5) is 11.9 Å². The molecule has 2 heterocycles. The summed E-state index contributed by atoms with van der Waals surface area (Å²) in [5.74, 6) is 2.07. The summed E-state index contributed by atoms with van der Waals surface area (Å²) in [6.07, 6.45) is 7.62. The molecular formula is C14H22ClN5. The van der Waals surface area contributed by atoms with Crippen LogP contribution in [0.3, 0.4) is 0 Å². The van der Waals surface area contributed by atoms with Crippen molar-refractivity contribution in [2.45, 2.75) is 51.5 Å². The number of halogens is 1. The molecule has 1 N–H and O–H groups in total. The largest absolute Gasteiger partial charge is 0.351 e. The first-order chi connectivity index (χ1) is 9.72. The lowest BCUT2D eigenvalue weighted by atomic mass is 9.80. The van der Waals surface area contributed by atoms with E-state index in [0.29, 0.717) is 17.9 Å². The highest BCUT2D eigenvalue weighted by Crippen LogP contribution is 2.30. The molecule has 2 aliphatic rings. The zero-order valence-corrected chi connectivity index (χ0v) is 12.7. The third-order valence-corrected chi connectivity index (χ3v) is 4.62. The van der Waals surface area contributed by atoms with Crippen molar-refractivity contribution in [3.63, 3.8) is 0 Å². The second-order valence-electron chi connectivity index (χ2n) is 5.90. The fourth-order valence-corrected chi connectivity index (χ4v) is 3.06. The van der Waals surface area contributed by atoms with E-state index in [-0.39, 0.29) is 5.28 Å². The first kappa shape index (κ1) is 13.9. The number of hydrogen-bond acceptors (Lipinski definition) is 5. The predicted octanol–water partition coefficient (Wildman–Crippen LogP) is 3.12. The number of hydrogen-bond donors (Lipinski definition) is 1. The van der Waals surface area contributed by atoms with Crippen molar-refractivity contribution in [2.24, 2.45) is 5.92 Å². The van der Waals surface area contributed by atoms with Crippen LogP contribution in [0.15, 0.2) is 0 Å². The molecule has 0 amide bonds. The first-order valence-corrected chi connectivity index (χ1v) is 8.03. The van der Waals surface area contributed by atoms with Gasteiger partial charge in [-0.15, -0.1) is 0 Å². The molecule has 1 aromatic rings. The van der Waals surface area contributed by atoms with Crippen LogP contribution in [0.2, 0.25) is 5.28 Å². The molecule has 1 aliphatic heterocycles. The van der Waals surface area contributed by atoms with Gasteiger partial charge in [0.25, 0.3) is 0 Å². The van der Waals surface area contributed by atoms with E-state index in [1.165, 1.54) is 38.5 Å². The van der Waals surface area contributed by atoms with Gasteiger partial charge < -0.3 is 10.2 Å². The molecule has 2 fully saturated rings. The highest BCUT2D eigenvalue weighted by Gasteiger charge is 2.25. The van der Waals surface area contributed by atoms with Gasteiger partial charge in [-0.1, -0.05) is 6.42 Å². The third kappa shape index (κ3) is 3.14. The second-order valence-corrected chi connectivity index (χ2v) is 6.24. The Labute approximate surface area is 125 Å². The third-order valence-electron chi connectivity index (χ3n) is 4.45. The Bertz CT molecular complexity index is 457. The minimum atomic E-state index is 0.281. The summed E-state index contributed by atoms with van der Waals surface area (Å²) in [5, 5.41) is 3.67. The maximum atomic E-state index is 6.05. The van der Waals surface area contributed by atoms with Crippen LogP contribution in [0, 0.1) is 5.92 Å². The SMILES string of the molecule is CC(Nc1nc(Cl)nc(N2CCCCC2)n1)C1CCC1. The van der Waals surface area contributed by atoms with Crippen LogP contribution in [-0.4, -0.2) is 34.1 Å². The smallest absolute Gasteiger partial charge is 0.231 e. The van der Waals surface area contributed by atoms with Crippen LogP contribution in [0.25, 0.3) is 0 Å². The lowest BCUT2D eigenvalue weighted by molar-refractivity contribution is 0.284. The molecule has 1 aromatic heterocycles. The Morgan fingerprint density at radius 2 is 1.85 bits per heavy atom. The Hall–Kier alpha value is -1.10. The van der Waals surface area contributed by atoms with Crippen molar-refractivity contribution < 1.29 is 0 Å². The van der Waals surface area contributed by atoms with Crippen LogP contribution >= 0.6 is 11.6 Å². The van der Waals surface area contributed by atoms with Crippen molar-refractivity contribution in [1.29, 1.82) is 0 Å². The summed E-state index contributed by atoms with van der Waals surface area (Å²) in [5.41, 5.74) is 0. The van der Waals surface area contributed by atoms with Gasteiger partial charge in [0.15, 0.2) is 0 Å². The van der Waals surface area contributed by atoms with Crippen molar-refractivity contribution in [3.8, 4) is 0 Å². The number of piperidine rings is 1. The van der Waals surface area contributed by atoms with E-state index < -0.39 is 0 Å². The van der Waals surface area contributed by atoms with Gasteiger partial charge in [0.2, 0.25) is 17.2 Å². The summed E-state index contributed by atoms with van der Waals surface area (Å²) in [7, 11) is 0. The molecule has 6 heteroatoms. The molecular weight excluding hydrogens is 274 g/mol. The Morgan fingerprint density at radius 1 is 1.10 bits per heavy atom. The summed E-state index contributed by atoms with van der Waals surface area (Å²) in [4.78, 5) is 15.2. The summed E-state index contributed by atoms with van der Waals surface area (Å²) in [6, 6.07) is 0.399. The molecule has 0 bridgehead atoms. The number of nitrogens with one attached hydrogen (secondary N) is 1. The fourth-order valence-electron chi connectivity index (χ4n) is 2.90. The van der Waals surface area contributed by atoms with Gasteiger partial charge in [-0.05, 0) is 56.5 Å². The first-order valence-electron chi connectivity index (χ1n) is 7.65. The number of rotatable bonds is 4. The van der Waals surface area contributed by atoms with Crippen molar-refractivity contribution >= 4 is 23.5 Å². The Balaban J connectivity index is 1.71. The molecule has 1 atom stereocenters. The normalized spacial score (nSPS) is 21.4. The molecule has 1 saturated carbocycles. The van der Waals surface area contributed by atoms with E-state index in [0.717, 1.165) is 19.0 Å². The molecule has 1 saturated heterocycles. The summed E-state index contributed by atoms with van der Waals surface area (Å²) >= 11 is 6.05. The minimum absolute atomic E-state index is 0.281. The topological polar surface area (TPSA) is 53.9 Å². The van der Waals surface area contributed by atoms with Crippen molar-refractivity contribution in [3.05, 3.63) is 5.28 Å². The average molecular weight is 296 g/mol. The molecule has 1 aliphatic carbocycles. The monoisotopic (exact) mass is 295 g/mol. The molecule has 1 unspecified atom stereocenters. The van der Waals surface area contributed by atoms with E-state index in [9.17, 15) is 0 Å². The molecule has 0 aromatic carbocycles. The van der Waals surface area contributed by atoms with E-state index in [2.05, 4.69) is 32.1 Å². The van der Waals surface area contributed by atoms with E-state index >= 15 is 0 Å². The van der Waals surface area contributed by atoms with Gasteiger partial charge in [-0.3, -0.25) is 0 Å². The van der Waals surface area contributed by atoms with Crippen molar-refractivity contribution in [2.75, 3.05) is 23.3 Å². The standard InChI is InChI=1S/C14H22ClN5/c1-10(11-6-5-7-11)16-13-17-12(15)18-14(19-13)20-8-3-2-4-9-20/h10-11H,2-9H2,1H3,(H,16,17,18,19). The number of anilines is 2. The quantitative estimate of drug-likeness (QED) is 0.925. The maximum Gasteiger partial charge on any atom is 0.231 e. The molecule has 110 valence electrons. The molecule has 5 nitrogen and oxygen atoms in total. The van der Waals surface area contributed by atoms with E-state index in [4.69, 9.17) is 11.6 Å². The lowest BCUT2D eigenvalue weighted by Gasteiger charge is -2.32. The van der Waals surface area contributed by atoms with Gasteiger partial charge >= 0.3 is 0 Å². The molecule has 0 radical (unpaired) electrons. The molecule has 3 rings (SSSR count). The molecule has 20 heavy (non-hydrogen) atoms. The van der Waals surface area contributed by atoms with Gasteiger partial charge in [-0.2, -0.15) is 15.0 Å². The zero-order valence-electron chi connectivity index (χ0n) is 12.0. The van der Waals surface area contributed by atoms with Gasteiger partial charge in [0, 0.05) is 19.1 Å². The fraction of sp³-hybridized carbons (Fsp3) is 0.786. The Morgan fingerprint density at radius 3 is 2.50 bits per heavy atom. The van der Waals surface area contributed by atoms with Crippen molar-refractivity contribution in [1.82, 2.24) is 15.0 Å². The number of aromatic nitrogens is 3. The minimum Gasteiger partial charge on any atom is -0.351 e. The number of nitrogens with zero attached hydrogens (tertiary/aromatic N) is 4. The van der Waals surface area contributed by atoms with E-state index in [1.807, 2.05) is 0 Å². The lowest BCUT2D eigenvalue weighted by Crippen LogP contribution is -2.33. The van der Waals surface area contributed by atoms with Crippen LogP contribution < -0.4 is 10.2 Å². The summed E-state index contributed by atoms with van der Waals surface area (Å²) in [6.45, 7) is 4.22. The zero-order chi connectivity index (χ0) is 13.9. The maximum absolute atomic E-state index is 6.05. The highest BCUT2D eigenvalue weighted by atomic mass is 35.5.